The van der Waals surface area contributed by atoms with Crippen LogP contribution >= 0.6 is 38.6 Å². The SMILES string of the molecule is Cc1cc(C(=O)Cc2ccc(Br)s2)sc1C. The highest BCUT2D eigenvalue weighted by Gasteiger charge is 2.12. The molecule has 0 aliphatic heterocycles. The Bertz CT molecular complexity index is 505. The molecule has 0 radical (unpaired) electrons. The lowest BCUT2D eigenvalue weighted by Crippen LogP contribution is -1.98. The van der Waals surface area contributed by atoms with E-state index in [2.05, 4.69) is 22.9 Å². The lowest BCUT2D eigenvalue weighted by Gasteiger charge is -1.93. The van der Waals surface area contributed by atoms with Gasteiger partial charge in [-0.15, -0.1) is 22.7 Å². The number of ketones is 1. The molecular formula is C12H11BrOS2. The van der Waals surface area contributed by atoms with Gasteiger partial charge < -0.3 is 0 Å². The predicted octanol–water partition coefficient (Wildman–Crippen LogP) is 4.61. The summed E-state index contributed by atoms with van der Waals surface area (Å²) in [4.78, 5) is 15.2. The number of thiophene rings is 2. The largest absolute Gasteiger partial charge is 0.293 e. The van der Waals surface area contributed by atoms with Gasteiger partial charge in [0.1, 0.15) is 0 Å². The quantitative estimate of drug-likeness (QED) is 0.756. The molecule has 0 saturated heterocycles. The first-order valence-electron chi connectivity index (χ1n) is 4.90. The molecule has 0 aliphatic carbocycles. The molecule has 84 valence electrons. The first-order chi connectivity index (χ1) is 7.56. The molecule has 2 heterocycles. The van der Waals surface area contributed by atoms with Crippen molar-refractivity contribution in [3.8, 4) is 0 Å². The molecular weight excluding hydrogens is 304 g/mol. The number of carbonyl (C=O) groups is 1. The Morgan fingerprint density at radius 3 is 2.56 bits per heavy atom. The maximum Gasteiger partial charge on any atom is 0.177 e. The highest BCUT2D eigenvalue weighted by molar-refractivity contribution is 9.11. The van der Waals surface area contributed by atoms with Crippen LogP contribution in [0.4, 0.5) is 0 Å². The average Bonchev–Trinajstić information content (AvgIpc) is 2.75. The van der Waals surface area contributed by atoms with E-state index in [-0.39, 0.29) is 5.78 Å². The summed E-state index contributed by atoms with van der Waals surface area (Å²) in [6.45, 7) is 4.10. The number of hydrogen-bond donors (Lipinski definition) is 0. The molecule has 2 aromatic heterocycles. The van der Waals surface area contributed by atoms with E-state index in [1.54, 1.807) is 22.7 Å². The van der Waals surface area contributed by atoms with Crippen molar-refractivity contribution in [2.24, 2.45) is 0 Å². The zero-order chi connectivity index (χ0) is 11.7. The Balaban J connectivity index is 2.14. The summed E-state index contributed by atoms with van der Waals surface area (Å²) < 4.78 is 1.08. The van der Waals surface area contributed by atoms with Gasteiger partial charge in [0, 0.05) is 16.2 Å². The number of halogens is 1. The van der Waals surface area contributed by atoms with E-state index < -0.39 is 0 Å². The Labute approximate surface area is 111 Å². The van der Waals surface area contributed by atoms with Crippen molar-refractivity contribution in [2.75, 3.05) is 0 Å². The highest BCUT2D eigenvalue weighted by atomic mass is 79.9. The van der Waals surface area contributed by atoms with E-state index in [1.807, 2.05) is 25.1 Å². The van der Waals surface area contributed by atoms with Crippen LogP contribution < -0.4 is 0 Å². The predicted molar refractivity (Wildman–Crippen MR) is 73.8 cm³/mol. The number of Topliss-reactive ketones (excluding diaryl/α,β-unsaturated/α-hetero) is 1. The fourth-order valence-electron chi connectivity index (χ4n) is 1.40. The van der Waals surface area contributed by atoms with E-state index in [0.29, 0.717) is 6.42 Å². The fraction of sp³-hybridized carbons (Fsp3) is 0.250. The van der Waals surface area contributed by atoms with Crippen LogP contribution in [0.2, 0.25) is 0 Å². The van der Waals surface area contributed by atoms with Crippen LogP contribution in [-0.2, 0) is 6.42 Å². The summed E-state index contributed by atoms with van der Waals surface area (Å²) >= 11 is 6.62. The number of rotatable bonds is 3. The molecule has 0 aliphatic rings. The second-order valence-corrected chi connectivity index (χ2v) is 7.46. The number of carbonyl (C=O) groups excluding carboxylic acids is 1. The third-order valence-corrected chi connectivity index (χ3v) is 5.22. The molecule has 0 atom stereocenters. The van der Waals surface area contributed by atoms with E-state index in [4.69, 9.17) is 0 Å². The minimum atomic E-state index is 0.218. The van der Waals surface area contributed by atoms with Gasteiger partial charge in [0.15, 0.2) is 5.78 Å². The molecule has 0 saturated carbocycles. The molecule has 0 spiro atoms. The molecule has 16 heavy (non-hydrogen) atoms. The smallest absolute Gasteiger partial charge is 0.177 e. The van der Waals surface area contributed by atoms with Gasteiger partial charge in [-0.2, -0.15) is 0 Å². The second-order valence-electron chi connectivity index (χ2n) is 3.66. The summed E-state index contributed by atoms with van der Waals surface area (Å²) in [7, 11) is 0. The van der Waals surface area contributed by atoms with Gasteiger partial charge in [-0.25, -0.2) is 0 Å². The fourth-order valence-corrected chi connectivity index (χ4v) is 3.86. The average molecular weight is 315 g/mol. The Hall–Kier alpha value is -0.450. The third kappa shape index (κ3) is 2.62. The number of hydrogen-bond acceptors (Lipinski definition) is 3. The lowest BCUT2D eigenvalue weighted by atomic mass is 10.2. The monoisotopic (exact) mass is 314 g/mol. The molecule has 2 aromatic rings. The Morgan fingerprint density at radius 2 is 2.06 bits per heavy atom. The summed E-state index contributed by atoms with van der Waals surface area (Å²) in [5.74, 6) is 0.218. The molecule has 0 N–H and O–H groups in total. The molecule has 4 heteroatoms. The summed E-state index contributed by atoms with van der Waals surface area (Å²) in [5.41, 5.74) is 1.21. The minimum Gasteiger partial charge on any atom is -0.293 e. The van der Waals surface area contributed by atoms with E-state index in [1.165, 1.54) is 10.4 Å². The van der Waals surface area contributed by atoms with Crippen LogP contribution in [0, 0.1) is 13.8 Å². The van der Waals surface area contributed by atoms with Crippen LogP contribution in [0.5, 0.6) is 0 Å². The van der Waals surface area contributed by atoms with Gasteiger partial charge in [-0.1, -0.05) is 0 Å². The van der Waals surface area contributed by atoms with Crippen LogP contribution in [0.3, 0.4) is 0 Å². The van der Waals surface area contributed by atoms with Crippen LogP contribution in [0.1, 0.15) is 25.0 Å². The maximum atomic E-state index is 12.0. The molecule has 0 amide bonds. The van der Waals surface area contributed by atoms with E-state index >= 15 is 0 Å². The molecule has 1 nitrogen and oxygen atoms in total. The minimum absolute atomic E-state index is 0.218. The van der Waals surface area contributed by atoms with E-state index in [0.717, 1.165) is 13.5 Å². The maximum absolute atomic E-state index is 12.0. The van der Waals surface area contributed by atoms with Crippen molar-refractivity contribution in [1.29, 1.82) is 0 Å². The zero-order valence-electron chi connectivity index (χ0n) is 9.04. The molecule has 0 aromatic carbocycles. The van der Waals surface area contributed by atoms with Gasteiger partial charge >= 0.3 is 0 Å². The molecule has 0 unspecified atom stereocenters. The zero-order valence-corrected chi connectivity index (χ0v) is 12.3. The second kappa shape index (κ2) is 4.82. The van der Waals surface area contributed by atoms with Crippen molar-refractivity contribution < 1.29 is 4.79 Å². The van der Waals surface area contributed by atoms with Crippen LogP contribution in [0.25, 0.3) is 0 Å². The Morgan fingerprint density at radius 1 is 1.31 bits per heavy atom. The van der Waals surface area contributed by atoms with E-state index in [9.17, 15) is 4.79 Å². The van der Waals surface area contributed by atoms with Crippen molar-refractivity contribution in [3.05, 3.63) is 42.2 Å². The summed E-state index contributed by atoms with van der Waals surface area (Å²) in [5, 5.41) is 0. The lowest BCUT2D eigenvalue weighted by molar-refractivity contribution is 0.0997. The van der Waals surface area contributed by atoms with Crippen LogP contribution in [-0.4, -0.2) is 5.78 Å². The highest BCUT2D eigenvalue weighted by Crippen LogP contribution is 2.26. The van der Waals surface area contributed by atoms with Crippen molar-refractivity contribution in [1.82, 2.24) is 0 Å². The summed E-state index contributed by atoms with van der Waals surface area (Å²) in [6, 6.07) is 5.98. The first-order valence-corrected chi connectivity index (χ1v) is 7.33. The van der Waals surface area contributed by atoms with Gasteiger partial charge in [0.05, 0.1) is 8.66 Å². The van der Waals surface area contributed by atoms with Gasteiger partial charge in [0.25, 0.3) is 0 Å². The van der Waals surface area contributed by atoms with Crippen molar-refractivity contribution >= 4 is 44.4 Å². The third-order valence-electron chi connectivity index (χ3n) is 2.40. The van der Waals surface area contributed by atoms with Crippen LogP contribution in [0.15, 0.2) is 22.0 Å². The van der Waals surface area contributed by atoms with Gasteiger partial charge in [-0.3, -0.25) is 4.79 Å². The number of aryl methyl sites for hydroxylation is 2. The normalized spacial score (nSPS) is 10.7. The van der Waals surface area contributed by atoms with Crippen molar-refractivity contribution in [2.45, 2.75) is 20.3 Å². The molecule has 2 rings (SSSR count). The molecule has 0 fully saturated rings. The van der Waals surface area contributed by atoms with Gasteiger partial charge in [0.2, 0.25) is 0 Å². The summed E-state index contributed by atoms with van der Waals surface area (Å²) in [6.07, 6.45) is 0.510. The standard InChI is InChI=1S/C12H11BrOS2/c1-7-5-11(15-8(7)2)10(14)6-9-3-4-12(13)16-9/h3-5H,6H2,1-2H3. The van der Waals surface area contributed by atoms with Crippen molar-refractivity contribution in [3.63, 3.8) is 0 Å². The Kier molecular flexibility index (Phi) is 3.62. The van der Waals surface area contributed by atoms with Gasteiger partial charge in [-0.05, 0) is 53.5 Å². The first kappa shape index (κ1) is 12.0. The topological polar surface area (TPSA) is 17.1 Å². The molecule has 0 bridgehead atoms.